The standard InChI is InChI=1S/C19H18N4O/c1-14-7-5-6-8-15(14)12-20-18-11-17(21-13-22-18)19(24)23-16-9-3-2-4-10-16/h2-11,13H,12H2,1H3,(H,23,24)(H,20,21,22). The van der Waals surface area contributed by atoms with E-state index in [1.165, 1.54) is 17.5 Å². The van der Waals surface area contributed by atoms with Crippen molar-refractivity contribution in [2.24, 2.45) is 0 Å². The van der Waals surface area contributed by atoms with E-state index in [0.717, 1.165) is 5.69 Å². The van der Waals surface area contributed by atoms with E-state index in [4.69, 9.17) is 0 Å². The first-order chi connectivity index (χ1) is 11.7. The lowest BCUT2D eigenvalue weighted by molar-refractivity contribution is 0.102. The Morgan fingerprint density at radius 3 is 2.54 bits per heavy atom. The summed E-state index contributed by atoms with van der Waals surface area (Å²) in [7, 11) is 0. The summed E-state index contributed by atoms with van der Waals surface area (Å²) in [5.41, 5.74) is 3.45. The number of hydrogen-bond donors (Lipinski definition) is 2. The largest absolute Gasteiger partial charge is 0.366 e. The lowest BCUT2D eigenvalue weighted by Crippen LogP contribution is -2.14. The lowest BCUT2D eigenvalue weighted by atomic mass is 10.1. The molecule has 0 fully saturated rings. The molecule has 5 heteroatoms. The van der Waals surface area contributed by atoms with E-state index < -0.39 is 0 Å². The molecule has 0 saturated carbocycles. The highest BCUT2D eigenvalue weighted by molar-refractivity contribution is 6.03. The first kappa shape index (κ1) is 15.7. The van der Waals surface area contributed by atoms with Crippen molar-refractivity contribution in [3.05, 3.63) is 83.8 Å². The van der Waals surface area contributed by atoms with Crippen LogP contribution in [0.4, 0.5) is 11.5 Å². The second-order valence-corrected chi connectivity index (χ2v) is 5.39. The summed E-state index contributed by atoms with van der Waals surface area (Å²) >= 11 is 0. The Bertz CT molecular complexity index is 834. The fourth-order valence-electron chi connectivity index (χ4n) is 2.29. The monoisotopic (exact) mass is 318 g/mol. The number of benzene rings is 2. The molecule has 2 N–H and O–H groups in total. The third kappa shape index (κ3) is 3.95. The summed E-state index contributed by atoms with van der Waals surface area (Å²) in [6.07, 6.45) is 1.39. The Kier molecular flexibility index (Phi) is 4.81. The van der Waals surface area contributed by atoms with Gasteiger partial charge in [-0.05, 0) is 30.2 Å². The fraction of sp³-hybridized carbons (Fsp3) is 0.105. The van der Waals surface area contributed by atoms with E-state index in [1.807, 2.05) is 42.5 Å². The minimum absolute atomic E-state index is 0.262. The number of carbonyl (C=O) groups is 1. The second kappa shape index (κ2) is 7.37. The van der Waals surface area contributed by atoms with Crippen LogP contribution in [0, 0.1) is 6.92 Å². The van der Waals surface area contributed by atoms with Crippen LogP contribution in [0.5, 0.6) is 0 Å². The molecule has 120 valence electrons. The molecule has 0 saturated heterocycles. The summed E-state index contributed by atoms with van der Waals surface area (Å²) in [5, 5.41) is 6.04. The zero-order valence-electron chi connectivity index (χ0n) is 13.4. The summed E-state index contributed by atoms with van der Waals surface area (Å²) in [6.45, 7) is 2.71. The predicted molar refractivity (Wildman–Crippen MR) is 94.9 cm³/mol. The Morgan fingerprint density at radius 1 is 1.00 bits per heavy atom. The molecular formula is C19H18N4O. The number of nitrogens with zero attached hydrogens (tertiary/aromatic N) is 2. The second-order valence-electron chi connectivity index (χ2n) is 5.39. The van der Waals surface area contributed by atoms with Gasteiger partial charge in [0.15, 0.2) is 0 Å². The predicted octanol–water partition coefficient (Wildman–Crippen LogP) is 3.65. The number of hydrogen-bond acceptors (Lipinski definition) is 4. The van der Waals surface area contributed by atoms with E-state index in [-0.39, 0.29) is 5.91 Å². The molecular weight excluding hydrogens is 300 g/mol. The summed E-state index contributed by atoms with van der Waals surface area (Å²) in [4.78, 5) is 20.5. The van der Waals surface area contributed by atoms with E-state index >= 15 is 0 Å². The fourth-order valence-corrected chi connectivity index (χ4v) is 2.29. The molecule has 0 aliphatic rings. The molecule has 1 aromatic heterocycles. The maximum absolute atomic E-state index is 12.3. The molecule has 1 amide bonds. The van der Waals surface area contributed by atoms with Gasteiger partial charge in [-0.1, -0.05) is 42.5 Å². The van der Waals surface area contributed by atoms with Gasteiger partial charge < -0.3 is 10.6 Å². The van der Waals surface area contributed by atoms with Gasteiger partial charge in [-0.15, -0.1) is 0 Å². The SMILES string of the molecule is Cc1ccccc1CNc1cc(C(=O)Nc2ccccc2)ncn1. The maximum Gasteiger partial charge on any atom is 0.274 e. The van der Waals surface area contributed by atoms with Crippen molar-refractivity contribution in [2.75, 3.05) is 10.6 Å². The first-order valence-electron chi connectivity index (χ1n) is 7.69. The van der Waals surface area contributed by atoms with Gasteiger partial charge in [0, 0.05) is 18.3 Å². The Labute approximate surface area is 140 Å². The van der Waals surface area contributed by atoms with E-state index in [1.54, 1.807) is 6.07 Å². The highest BCUT2D eigenvalue weighted by Gasteiger charge is 2.09. The third-order valence-electron chi connectivity index (χ3n) is 3.65. The van der Waals surface area contributed by atoms with Crippen LogP contribution in [0.1, 0.15) is 21.6 Å². The number of anilines is 2. The van der Waals surface area contributed by atoms with Crippen LogP contribution in [0.2, 0.25) is 0 Å². The average Bonchev–Trinajstić information content (AvgIpc) is 2.62. The topological polar surface area (TPSA) is 66.9 Å². The van der Waals surface area contributed by atoms with Gasteiger partial charge in [-0.3, -0.25) is 4.79 Å². The van der Waals surface area contributed by atoms with Crippen molar-refractivity contribution >= 4 is 17.4 Å². The lowest BCUT2D eigenvalue weighted by Gasteiger charge is -2.09. The smallest absolute Gasteiger partial charge is 0.274 e. The van der Waals surface area contributed by atoms with Crippen LogP contribution in [0.15, 0.2) is 67.0 Å². The third-order valence-corrected chi connectivity index (χ3v) is 3.65. The van der Waals surface area contributed by atoms with Gasteiger partial charge in [-0.2, -0.15) is 0 Å². The molecule has 24 heavy (non-hydrogen) atoms. The number of nitrogens with one attached hydrogen (secondary N) is 2. The first-order valence-corrected chi connectivity index (χ1v) is 7.69. The molecule has 0 unspecified atom stereocenters. The van der Waals surface area contributed by atoms with Crippen LogP contribution >= 0.6 is 0 Å². The Balaban J connectivity index is 1.68. The van der Waals surface area contributed by atoms with Crippen LogP contribution in [-0.2, 0) is 6.54 Å². The van der Waals surface area contributed by atoms with Crippen molar-refractivity contribution in [3.63, 3.8) is 0 Å². The molecule has 0 spiro atoms. The van der Waals surface area contributed by atoms with Crippen molar-refractivity contribution in [2.45, 2.75) is 13.5 Å². The van der Waals surface area contributed by atoms with Gasteiger partial charge in [0.25, 0.3) is 5.91 Å². The number of para-hydroxylation sites is 1. The Hall–Kier alpha value is -3.21. The van der Waals surface area contributed by atoms with Crippen LogP contribution in [-0.4, -0.2) is 15.9 Å². The van der Waals surface area contributed by atoms with Gasteiger partial charge in [0.1, 0.15) is 17.8 Å². The van der Waals surface area contributed by atoms with Crippen LogP contribution in [0.25, 0.3) is 0 Å². The maximum atomic E-state index is 12.3. The summed E-state index contributed by atoms with van der Waals surface area (Å²) in [6, 6.07) is 19.1. The van der Waals surface area contributed by atoms with Crippen molar-refractivity contribution in [3.8, 4) is 0 Å². The summed E-state index contributed by atoms with van der Waals surface area (Å²) in [5.74, 6) is 0.356. The molecule has 1 heterocycles. The molecule has 0 aliphatic heterocycles. The average molecular weight is 318 g/mol. The quantitative estimate of drug-likeness (QED) is 0.753. The zero-order chi connectivity index (χ0) is 16.8. The highest BCUT2D eigenvalue weighted by atomic mass is 16.1. The summed E-state index contributed by atoms with van der Waals surface area (Å²) < 4.78 is 0. The van der Waals surface area contributed by atoms with Crippen LogP contribution < -0.4 is 10.6 Å². The molecule has 0 bridgehead atoms. The Morgan fingerprint density at radius 2 is 1.75 bits per heavy atom. The molecule has 3 aromatic rings. The zero-order valence-corrected chi connectivity index (χ0v) is 13.4. The van der Waals surface area contributed by atoms with Gasteiger partial charge >= 0.3 is 0 Å². The molecule has 0 radical (unpaired) electrons. The van der Waals surface area contributed by atoms with E-state index in [9.17, 15) is 4.79 Å². The van der Waals surface area contributed by atoms with Gasteiger partial charge in [0.05, 0.1) is 0 Å². The normalized spacial score (nSPS) is 10.2. The van der Waals surface area contributed by atoms with Crippen LogP contribution in [0.3, 0.4) is 0 Å². The number of rotatable bonds is 5. The van der Waals surface area contributed by atoms with Crippen molar-refractivity contribution < 1.29 is 4.79 Å². The molecule has 0 atom stereocenters. The minimum atomic E-state index is -0.262. The van der Waals surface area contributed by atoms with E-state index in [0.29, 0.717) is 18.1 Å². The molecule has 3 rings (SSSR count). The van der Waals surface area contributed by atoms with Crippen molar-refractivity contribution in [1.82, 2.24) is 9.97 Å². The minimum Gasteiger partial charge on any atom is -0.366 e. The highest BCUT2D eigenvalue weighted by Crippen LogP contribution is 2.12. The number of amides is 1. The molecule has 5 nitrogen and oxygen atoms in total. The number of aromatic nitrogens is 2. The molecule has 0 aliphatic carbocycles. The van der Waals surface area contributed by atoms with E-state index in [2.05, 4.69) is 39.7 Å². The van der Waals surface area contributed by atoms with Gasteiger partial charge in [0.2, 0.25) is 0 Å². The van der Waals surface area contributed by atoms with Crippen molar-refractivity contribution in [1.29, 1.82) is 0 Å². The molecule has 2 aromatic carbocycles. The van der Waals surface area contributed by atoms with Gasteiger partial charge in [-0.25, -0.2) is 9.97 Å². The number of carbonyl (C=O) groups excluding carboxylic acids is 1. The number of aryl methyl sites for hydroxylation is 1.